The molecule has 1 heterocycles. The minimum absolute atomic E-state index is 0.0155. The fraction of sp³-hybridized carbons (Fsp3) is 0.556. The van der Waals surface area contributed by atoms with Gasteiger partial charge >= 0.3 is 0 Å². The van der Waals surface area contributed by atoms with Crippen LogP contribution in [0.1, 0.15) is 32.3 Å². The second kappa shape index (κ2) is 9.08. The Balaban J connectivity index is 2.14. The SMILES string of the molecule is CCOc1cc(Br)c(CC(=O)N2CCCC(C(N)=O)C2)cc1OCC. The molecule has 1 aromatic carbocycles. The van der Waals surface area contributed by atoms with Crippen LogP contribution in [-0.2, 0) is 16.0 Å². The monoisotopic (exact) mass is 412 g/mol. The van der Waals surface area contributed by atoms with Crippen molar-refractivity contribution in [2.24, 2.45) is 11.7 Å². The summed E-state index contributed by atoms with van der Waals surface area (Å²) in [5, 5.41) is 0. The Morgan fingerprint density at radius 2 is 1.88 bits per heavy atom. The lowest BCUT2D eigenvalue weighted by molar-refractivity contribution is -0.134. The zero-order chi connectivity index (χ0) is 18.4. The number of ether oxygens (including phenoxy) is 2. The number of carbonyl (C=O) groups excluding carboxylic acids is 2. The second-order valence-corrected chi connectivity index (χ2v) is 6.87. The first-order valence-corrected chi connectivity index (χ1v) is 9.40. The molecule has 2 rings (SSSR count). The number of hydrogen-bond acceptors (Lipinski definition) is 4. The molecule has 0 radical (unpaired) electrons. The Morgan fingerprint density at radius 1 is 1.24 bits per heavy atom. The maximum atomic E-state index is 12.6. The molecule has 2 N–H and O–H groups in total. The van der Waals surface area contributed by atoms with E-state index in [4.69, 9.17) is 15.2 Å². The number of carbonyl (C=O) groups is 2. The molecule has 0 aliphatic carbocycles. The molecule has 0 saturated carbocycles. The number of rotatable bonds is 7. The molecule has 0 bridgehead atoms. The summed E-state index contributed by atoms with van der Waals surface area (Å²) < 4.78 is 12.0. The number of nitrogens with two attached hydrogens (primary N) is 1. The maximum absolute atomic E-state index is 12.6. The van der Waals surface area contributed by atoms with Gasteiger partial charge in [0.1, 0.15) is 0 Å². The normalized spacial score (nSPS) is 17.2. The standard InChI is InChI=1S/C18H25BrN2O4/c1-3-24-15-8-13(14(19)10-16(15)25-4-2)9-17(22)21-7-5-6-12(11-21)18(20)23/h8,10,12H,3-7,9,11H2,1-2H3,(H2,20,23). The highest BCUT2D eigenvalue weighted by Gasteiger charge is 2.27. The van der Waals surface area contributed by atoms with Gasteiger partial charge in [0.05, 0.1) is 25.6 Å². The van der Waals surface area contributed by atoms with Crippen LogP contribution >= 0.6 is 15.9 Å². The van der Waals surface area contributed by atoms with E-state index in [2.05, 4.69) is 15.9 Å². The minimum atomic E-state index is -0.335. The predicted octanol–water partition coefficient (Wildman–Crippen LogP) is 2.51. The van der Waals surface area contributed by atoms with E-state index in [0.29, 0.717) is 37.8 Å². The summed E-state index contributed by atoms with van der Waals surface area (Å²) in [4.78, 5) is 25.8. The average molecular weight is 413 g/mol. The molecule has 1 fully saturated rings. The van der Waals surface area contributed by atoms with Gasteiger partial charge in [-0.15, -0.1) is 0 Å². The minimum Gasteiger partial charge on any atom is -0.490 e. The van der Waals surface area contributed by atoms with Crippen LogP contribution in [-0.4, -0.2) is 43.0 Å². The van der Waals surface area contributed by atoms with Gasteiger partial charge in [-0.05, 0) is 44.4 Å². The Hall–Kier alpha value is -1.76. The number of halogens is 1. The molecule has 7 heteroatoms. The van der Waals surface area contributed by atoms with Crippen LogP contribution in [0.2, 0.25) is 0 Å². The van der Waals surface area contributed by atoms with Crippen molar-refractivity contribution in [1.82, 2.24) is 4.90 Å². The third kappa shape index (κ3) is 5.11. The third-order valence-electron chi connectivity index (χ3n) is 4.23. The summed E-state index contributed by atoms with van der Waals surface area (Å²) in [5.41, 5.74) is 6.22. The largest absolute Gasteiger partial charge is 0.490 e. The average Bonchev–Trinajstić information content (AvgIpc) is 2.59. The summed E-state index contributed by atoms with van der Waals surface area (Å²) in [6, 6.07) is 3.67. The molecular formula is C18H25BrN2O4. The molecule has 0 aromatic heterocycles. The number of hydrogen-bond donors (Lipinski definition) is 1. The number of nitrogens with zero attached hydrogens (tertiary/aromatic N) is 1. The molecule has 1 aromatic rings. The van der Waals surface area contributed by atoms with E-state index in [0.717, 1.165) is 22.9 Å². The first-order valence-electron chi connectivity index (χ1n) is 8.61. The number of amides is 2. The van der Waals surface area contributed by atoms with Crippen molar-refractivity contribution in [3.63, 3.8) is 0 Å². The highest BCUT2D eigenvalue weighted by atomic mass is 79.9. The van der Waals surface area contributed by atoms with Gasteiger partial charge in [0.15, 0.2) is 11.5 Å². The van der Waals surface area contributed by atoms with E-state index < -0.39 is 0 Å². The summed E-state index contributed by atoms with van der Waals surface area (Å²) in [5.74, 6) is 0.681. The van der Waals surface area contributed by atoms with Crippen molar-refractivity contribution in [3.8, 4) is 11.5 Å². The molecule has 1 aliphatic rings. The first-order chi connectivity index (χ1) is 12.0. The van der Waals surface area contributed by atoms with E-state index in [1.54, 1.807) is 4.90 Å². The fourth-order valence-electron chi connectivity index (χ4n) is 2.96. The molecule has 138 valence electrons. The van der Waals surface area contributed by atoms with Crippen LogP contribution in [0.4, 0.5) is 0 Å². The van der Waals surface area contributed by atoms with Gasteiger partial charge in [0, 0.05) is 17.6 Å². The number of likely N-dealkylation sites (tertiary alicyclic amines) is 1. The molecule has 1 atom stereocenters. The van der Waals surface area contributed by atoms with Crippen molar-refractivity contribution in [2.75, 3.05) is 26.3 Å². The van der Waals surface area contributed by atoms with E-state index in [-0.39, 0.29) is 24.2 Å². The lowest BCUT2D eigenvalue weighted by Gasteiger charge is -2.31. The van der Waals surface area contributed by atoms with E-state index in [1.807, 2.05) is 26.0 Å². The van der Waals surface area contributed by atoms with Crippen molar-refractivity contribution in [1.29, 1.82) is 0 Å². The van der Waals surface area contributed by atoms with Crippen molar-refractivity contribution < 1.29 is 19.1 Å². The van der Waals surface area contributed by atoms with Crippen LogP contribution in [0.15, 0.2) is 16.6 Å². The Morgan fingerprint density at radius 3 is 2.48 bits per heavy atom. The summed E-state index contributed by atoms with van der Waals surface area (Å²) >= 11 is 3.51. The van der Waals surface area contributed by atoms with E-state index in [1.165, 1.54) is 0 Å². The smallest absolute Gasteiger partial charge is 0.227 e. The first kappa shape index (κ1) is 19.6. The molecule has 0 spiro atoms. The van der Waals surface area contributed by atoms with Gasteiger partial charge in [-0.2, -0.15) is 0 Å². The van der Waals surface area contributed by atoms with E-state index >= 15 is 0 Å². The number of primary amides is 1. The second-order valence-electron chi connectivity index (χ2n) is 6.01. The van der Waals surface area contributed by atoms with Crippen LogP contribution in [0.25, 0.3) is 0 Å². The predicted molar refractivity (Wildman–Crippen MR) is 98.7 cm³/mol. The summed E-state index contributed by atoms with van der Waals surface area (Å²) in [6.45, 7) is 5.93. The van der Waals surface area contributed by atoms with Gasteiger partial charge in [0.2, 0.25) is 11.8 Å². The zero-order valence-corrected chi connectivity index (χ0v) is 16.3. The highest BCUT2D eigenvalue weighted by Crippen LogP contribution is 2.34. The van der Waals surface area contributed by atoms with Gasteiger partial charge in [0.25, 0.3) is 0 Å². The third-order valence-corrected chi connectivity index (χ3v) is 4.97. The maximum Gasteiger partial charge on any atom is 0.227 e. The van der Waals surface area contributed by atoms with Crippen LogP contribution in [0, 0.1) is 5.92 Å². The number of piperidine rings is 1. The fourth-order valence-corrected chi connectivity index (χ4v) is 3.42. The Kier molecular flexibility index (Phi) is 7.11. The van der Waals surface area contributed by atoms with Crippen molar-refractivity contribution in [3.05, 3.63) is 22.2 Å². The molecule has 1 unspecified atom stereocenters. The Bertz CT molecular complexity index is 636. The van der Waals surface area contributed by atoms with Crippen molar-refractivity contribution >= 4 is 27.7 Å². The number of benzene rings is 1. The van der Waals surface area contributed by atoms with Gasteiger partial charge in [-0.3, -0.25) is 9.59 Å². The van der Waals surface area contributed by atoms with Gasteiger partial charge < -0.3 is 20.1 Å². The molecule has 6 nitrogen and oxygen atoms in total. The van der Waals surface area contributed by atoms with E-state index in [9.17, 15) is 9.59 Å². The quantitative estimate of drug-likeness (QED) is 0.745. The summed E-state index contributed by atoms with van der Waals surface area (Å²) in [7, 11) is 0. The lowest BCUT2D eigenvalue weighted by atomic mass is 9.97. The summed E-state index contributed by atoms with van der Waals surface area (Å²) in [6.07, 6.45) is 1.78. The van der Waals surface area contributed by atoms with Gasteiger partial charge in [-0.1, -0.05) is 15.9 Å². The zero-order valence-electron chi connectivity index (χ0n) is 14.7. The molecule has 1 saturated heterocycles. The van der Waals surface area contributed by atoms with Crippen LogP contribution in [0.3, 0.4) is 0 Å². The topological polar surface area (TPSA) is 81.9 Å². The van der Waals surface area contributed by atoms with Crippen LogP contribution in [0.5, 0.6) is 11.5 Å². The lowest BCUT2D eigenvalue weighted by Crippen LogP contribution is -2.44. The molecular weight excluding hydrogens is 388 g/mol. The Labute approximate surface area is 156 Å². The molecule has 1 aliphatic heterocycles. The molecule has 2 amide bonds. The highest BCUT2D eigenvalue weighted by molar-refractivity contribution is 9.10. The van der Waals surface area contributed by atoms with Crippen LogP contribution < -0.4 is 15.2 Å². The van der Waals surface area contributed by atoms with Gasteiger partial charge in [-0.25, -0.2) is 0 Å². The molecule has 25 heavy (non-hydrogen) atoms. The van der Waals surface area contributed by atoms with Crippen molar-refractivity contribution in [2.45, 2.75) is 33.1 Å².